The van der Waals surface area contributed by atoms with Gasteiger partial charge in [0.25, 0.3) is 0 Å². The Bertz CT molecular complexity index is 342. The molecule has 0 aromatic carbocycles. The van der Waals surface area contributed by atoms with Crippen LogP contribution >= 0.6 is 0 Å². The van der Waals surface area contributed by atoms with Gasteiger partial charge in [0.2, 0.25) is 10.0 Å². The zero-order valence-corrected chi connectivity index (χ0v) is 11.1. The predicted octanol–water partition coefficient (Wildman–Crippen LogP) is -0.229. The monoisotopic (exact) mass is 262 g/mol. The highest BCUT2D eigenvalue weighted by molar-refractivity contribution is 7.89. The Kier molecular flexibility index (Phi) is 4.07. The van der Waals surface area contributed by atoms with Crippen molar-refractivity contribution >= 4 is 10.0 Å². The molecule has 2 aliphatic rings. The summed E-state index contributed by atoms with van der Waals surface area (Å²) in [7, 11) is -3.12. The van der Waals surface area contributed by atoms with Crippen molar-refractivity contribution in [3.05, 3.63) is 0 Å². The first-order valence-corrected chi connectivity index (χ1v) is 7.90. The highest BCUT2D eigenvalue weighted by Crippen LogP contribution is 2.25. The van der Waals surface area contributed by atoms with Crippen LogP contribution in [0.3, 0.4) is 0 Å². The number of nitrogens with zero attached hydrogens (tertiary/aromatic N) is 1. The van der Waals surface area contributed by atoms with Crippen LogP contribution in [-0.2, 0) is 10.0 Å². The molecule has 0 aliphatic carbocycles. The minimum Gasteiger partial charge on any atom is -0.393 e. The summed E-state index contributed by atoms with van der Waals surface area (Å²) >= 11 is 0. The van der Waals surface area contributed by atoms with E-state index in [1.165, 1.54) is 0 Å². The van der Waals surface area contributed by atoms with E-state index in [4.69, 9.17) is 0 Å². The molecule has 2 aliphatic heterocycles. The second-order valence-electron chi connectivity index (χ2n) is 5.14. The number of aliphatic hydroxyl groups is 1. The van der Waals surface area contributed by atoms with Gasteiger partial charge in [-0.15, -0.1) is 0 Å². The molecule has 2 unspecified atom stereocenters. The summed E-state index contributed by atoms with van der Waals surface area (Å²) in [4.78, 5) is 0. The molecule has 0 amide bonds. The average molecular weight is 262 g/mol. The molecule has 2 saturated heterocycles. The summed E-state index contributed by atoms with van der Waals surface area (Å²) in [5.74, 6) is 0.253. The van der Waals surface area contributed by atoms with Crippen LogP contribution in [0.4, 0.5) is 0 Å². The van der Waals surface area contributed by atoms with E-state index >= 15 is 0 Å². The Balaban J connectivity index is 1.95. The zero-order valence-electron chi connectivity index (χ0n) is 10.3. The molecule has 0 spiro atoms. The maximum absolute atomic E-state index is 12.3. The fourth-order valence-corrected chi connectivity index (χ4v) is 4.59. The van der Waals surface area contributed by atoms with Crippen LogP contribution in [0.1, 0.15) is 26.2 Å². The molecule has 0 aromatic rings. The van der Waals surface area contributed by atoms with Crippen molar-refractivity contribution < 1.29 is 13.5 Å². The zero-order chi connectivity index (χ0) is 12.5. The summed E-state index contributed by atoms with van der Waals surface area (Å²) in [6, 6.07) is 0. The summed E-state index contributed by atoms with van der Waals surface area (Å²) in [6.45, 7) is 4.30. The van der Waals surface area contributed by atoms with Crippen molar-refractivity contribution in [3.63, 3.8) is 0 Å². The highest BCUT2D eigenvalue weighted by Gasteiger charge is 2.36. The fourth-order valence-electron chi connectivity index (χ4n) is 2.71. The molecule has 6 heteroatoms. The Morgan fingerprint density at radius 1 is 1.29 bits per heavy atom. The van der Waals surface area contributed by atoms with E-state index in [2.05, 4.69) is 5.32 Å². The van der Waals surface area contributed by atoms with Crippen molar-refractivity contribution in [1.29, 1.82) is 0 Å². The van der Waals surface area contributed by atoms with E-state index < -0.39 is 10.0 Å². The Morgan fingerprint density at radius 3 is 2.41 bits per heavy atom. The van der Waals surface area contributed by atoms with Gasteiger partial charge < -0.3 is 10.4 Å². The lowest BCUT2D eigenvalue weighted by atomic mass is 9.93. The van der Waals surface area contributed by atoms with Gasteiger partial charge in [0.05, 0.1) is 11.4 Å². The van der Waals surface area contributed by atoms with Crippen molar-refractivity contribution in [2.75, 3.05) is 26.2 Å². The number of sulfonamides is 1. The Hall–Kier alpha value is -0.170. The quantitative estimate of drug-likeness (QED) is 0.737. The molecule has 2 heterocycles. The second kappa shape index (κ2) is 5.22. The minimum atomic E-state index is -3.12. The largest absolute Gasteiger partial charge is 0.393 e. The Morgan fingerprint density at radius 2 is 1.94 bits per heavy atom. The average Bonchev–Trinajstić information content (AvgIpc) is 2.83. The number of piperidine rings is 1. The van der Waals surface area contributed by atoms with Crippen LogP contribution in [0.5, 0.6) is 0 Å². The molecule has 2 fully saturated rings. The SMILES string of the molecule is CC(O)C1CCN(S(=O)(=O)C2CCNC2)CC1. The van der Waals surface area contributed by atoms with E-state index in [-0.39, 0.29) is 17.3 Å². The molecular formula is C11H22N2O3S. The van der Waals surface area contributed by atoms with Gasteiger partial charge in [-0.05, 0) is 38.6 Å². The molecule has 0 bridgehead atoms. The fraction of sp³-hybridized carbons (Fsp3) is 1.00. The van der Waals surface area contributed by atoms with Gasteiger partial charge in [0, 0.05) is 19.6 Å². The third-order valence-corrected chi connectivity index (χ3v) is 6.31. The molecule has 5 nitrogen and oxygen atoms in total. The summed E-state index contributed by atoms with van der Waals surface area (Å²) in [6.07, 6.45) is 1.94. The van der Waals surface area contributed by atoms with E-state index in [1.807, 2.05) is 0 Å². The number of hydrogen-bond acceptors (Lipinski definition) is 4. The smallest absolute Gasteiger partial charge is 0.218 e. The minimum absolute atomic E-state index is 0.245. The first-order valence-electron chi connectivity index (χ1n) is 6.39. The third kappa shape index (κ3) is 2.81. The first kappa shape index (κ1) is 13.3. The number of hydrogen-bond donors (Lipinski definition) is 2. The molecule has 0 radical (unpaired) electrons. The normalized spacial score (nSPS) is 30.6. The van der Waals surface area contributed by atoms with Crippen LogP contribution < -0.4 is 5.32 Å². The van der Waals surface area contributed by atoms with E-state index in [0.717, 1.165) is 25.8 Å². The summed E-state index contributed by atoms with van der Waals surface area (Å²) < 4.78 is 26.2. The highest BCUT2D eigenvalue weighted by atomic mass is 32.2. The molecule has 0 saturated carbocycles. The van der Waals surface area contributed by atoms with Gasteiger partial charge >= 0.3 is 0 Å². The summed E-state index contributed by atoms with van der Waals surface area (Å²) in [5.41, 5.74) is 0. The van der Waals surface area contributed by atoms with E-state index in [9.17, 15) is 13.5 Å². The topological polar surface area (TPSA) is 69.6 Å². The van der Waals surface area contributed by atoms with Crippen LogP contribution in [-0.4, -0.2) is 55.4 Å². The third-order valence-electron chi connectivity index (χ3n) is 3.98. The van der Waals surface area contributed by atoms with Crippen molar-refractivity contribution in [2.24, 2.45) is 5.92 Å². The van der Waals surface area contributed by atoms with Crippen LogP contribution in [0.2, 0.25) is 0 Å². The summed E-state index contributed by atoms with van der Waals surface area (Å²) in [5, 5.41) is 12.4. The van der Waals surface area contributed by atoms with Gasteiger partial charge in [-0.2, -0.15) is 0 Å². The number of nitrogens with one attached hydrogen (secondary N) is 1. The molecule has 0 aromatic heterocycles. The van der Waals surface area contributed by atoms with Crippen LogP contribution in [0.15, 0.2) is 0 Å². The van der Waals surface area contributed by atoms with Gasteiger partial charge in [-0.3, -0.25) is 0 Å². The van der Waals surface area contributed by atoms with Crippen molar-refractivity contribution in [3.8, 4) is 0 Å². The van der Waals surface area contributed by atoms with Crippen LogP contribution in [0, 0.1) is 5.92 Å². The molecule has 2 N–H and O–H groups in total. The molecule has 17 heavy (non-hydrogen) atoms. The molecule has 2 rings (SSSR count). The lowest BCUT2D eigenvalue weighted by molar-refractivity contribution is 0.0910. The van der Waals surface area contributed by atoms with Crippen molar-refractivity contribution in [2.45, 2.75) is 37.5 Å². The van der Waals surface area contributed by atoms with E-state index in [1.54, 1.807) is 11.2 Å². The lowest BCUT2D eigenvalue weighted by Gasteiger charge is -2.33. The van der Waals surface area contributed by atoms with Gasteiger partial charge in [-0.1, -0.05) is 0 Å². The van der Waals surface area contributed by atoms with Gasteiger partial charge in [-0.25, -0.2) is 12.7 Å². The second-order valence-corrected chi connectivity index (χ2v) is 7.35. The lowest BCUT2D eigenvalue weighted by Crippen LogP contribution is -2.45. The maximum Gasteiger partial charge on any atom is 0.218 e. The Labute approximate surface area is 103 Å². The molecular weight excluding hydrogens is 240 g/mol. The molecule has 2 atom stereocenters. The van der Waals surface area contributed by atoms with Crippen LogP contribution in [0.25, 0.3) is 0 Å². The van der Waals surface area contributed by atoms with E-state index in [0.29, 0.717) is 19.6 Å². The number of aliphatic hydroxyl groups excluding tert-OH is 1. The first-order chi connectivity index (χ1) is 8.01. The van der Waals surface area contributed by atoms with Gasteiger partial charge in [0.15, 0.2) is 0 Å². The molecule has 100 valence electrons. The van der Waals surface area contributed by atoms with Gasteiger partial charge in [0.1, 0.15) is 0 Å². The predicted molar refractivity (Wildman–Crippen MR) is 66.2 cm³/mol. The number of rotatable bonds is 3. The standard InChI is InChI=1S/C11H22N2O3S/c1-9(14)10-3-6-13(7-4-10)17(15,16)11-2-5-12-8-11/h9-12,14H,2-8H2,1H3. The maximum atomic E-state index is 12.3. The van der Waals surface area contributed by atoms with Crippen molar-refractivity contribution in [1.82, 2.24) is 9.62 Å².